The number of rotatable bonds is 5. The van der Waals surface area contributed by atoms with E-state index >= 15 is 0 Å². The van der Waals surface area contributed by atoms with Gasteiger partial charge in [-0.3, -0.25) is 4.79 Å². The lowest BCUT2D eigenvalue weighted by Gasteiger charge is -2.09. The van der Waals surface area contributed by atoms with E-state index in [4.69, 9.17) is 14.7 Å². The monoisotopic (exact) mass is 408 g/mol. The van der Waals surface area contributed by atoms with Crippen LogP contribution in [0.15, 0.2) is 79.0 Å². The number of hydrogen-bond donors (Lipinski definition) is 0. The summed E-state index contributed by atoms with van der Waals surface area (Å²) in [7, 11) is 0. The Morgan fingerprint density at radius 2 is 1.45 bits per heavy atom. The van der Waals surface area contributed by atoms with Crippen LogP contribution in [0.1, 0.15) is 29.4 Å². The quantitative estimate of drug-likeness (QED) is 0.404. The van der Waals surface area contributed by atoms with Gasteiger partial charge in [0.2, 0.25) is 5.88 Å². The minimum absolute atomic E-state index is 0.395. The molecule has 0 aliphatic carbocycles. The molecule has 3 aromatic heterocycles. The first kappa shape index (κ1) is 18.9. The third-order valence-corrected chi connectivity index (χ3v) is 5.06. The van der Waals surface area contributed by atoms with Crippen LogP contribution in [0.2, 0.25) is 0 Å². The maximum atomic E-state index is 12.0. The number of esters is 1. The summed E-state index contributed by atoms with van der Waals surface area (Å²) in [6.45, 7) is 1.40. The van der Waals surface area contributed by atoms with Crippen molar-refractivity contribution in [2.75, 3.05) is 0 Å². The van der Waals surface area contributed by atoms with Crippen molar-refractivity contribution in [3.05, 3.63) is 102 Å². The van der Waals surface area contributed by atoms with Crippen molar-refractivity contribution in [3.8, 4) is 5.88 Å². The molecule has 0 fully saturated rings. The molecule has 6 heteroatoms. The zero-order valence-corrected chi connectivity index (χ0v) is 17.0. The predicted molar refractivity (Wildman–Crippen MR) is 118 cm³/mol. The highest BCUT2D eigenvalue weighted by Gasteiger charge is 2.22. The number of imidazole rings is 1. The van der Waals surface area contributed by atoms with Crippen LogP contribution < -0.4 is 4.74 Å². The topological polar surface area (TPSA) is 69.4 Å². The molecule has 2 aromatic carbocycles. The second kappa shape index (κ2) is 7.99. The number of hydrogen-bond acceptors (Lipinski definition) is 5. The minimum atomic E-state index is -0.401. The van der Waals surface area contributed by atoms with Crippen molar-refractivity contribution in [2.45, 2.75) is 19.8 Å². The number of benzene rings is 2. The molecule has 0 radical (unpaired) electrons. The van der Waals surface area contributed by atoms with Crippen molar-refractivity contribution in [2.24, 2.45) is 0 Å². The van der Waals surface area contributed by atoms with Crippen LogP contribution in [0.4, 0.5) is 0 Å². The lowest BCUT2D eigenvalue weighted by Crippen LogP contribution is -2.08. The van der Waals surface area contributed by atoms with Gasteiger partial charge in [0, 0.05) is 26.0 Å². The maximum Gasteiger partial charge on any atom is 0.309 e. The van der Waals surface area contributed by atoms with E-state index in [0.717, 1.165) is 22.3 Å². The second-order valence-electron chi connectivity index (χ2n) is 7.35. The minimum Gasteiger partial charge on any atom is -0.407 e. The third kappa shape index (κ3) is 3.75. The molecule has 31 heavy (non-hydrogen) atoms. The van der Waals surface area contributed by atoms with E-state index in [0.29, 0.717) is 35.7 Å². The average molecular weight is 408 g/mol. The van der Waals surface area contributed by atoms with E-state index < -0.39 is 5.97 Å². The lowest BCUT2D eigenvalue weighted by molar-refractivity contribution is -0.132. The summed E-state index contributed by atoms with van der Waals surface area (Å²) >= 11 is 0. The Morgan fingerprint density at radius 3 is 2.10 bits per heavy atom. The van der Waals surface area contributed by atoms with Crippen molar-refractivity contribution in [1.82, 2.24) is 19.4 Å². The fourth-order valence-electron chi connectivity index (χ4n) is 3.74. The number of fused-ring (bicyclic) bond motifs is 3. The highest BCUT2D eigenvalue weighted by molar-refractivity contribution is 5.78. The Kier molecular flexibility index (Phi) is 4.88. The molecule has 3 heterocycles. The highest BCUT2D eigenvalue weighted by Crippen LogP contribution is 2.29. The van der Waals surface area contributed by atoms with Gasteiger partial charge in [-0.15, -0.1) is 0 Å². The molecular weight excluding hydrogens is 388 g/mol. The van der Waals surface area contributed by atoms with Gasteiger partial charge in [0.1, 0.15) is 11.2 Å². The third-order valence-electron chi connectivity index (χ3n) is 5.06. The molecule has 0 amide bonds. The molecule has 5 aromatic rings. The lowest BCUT2D eigenvalue weighted by atomic mass is 10.1. The van der Waals surface area contributed by atoms with E-state index in [1.54, 1.807) is 6.20 Å². The Hall–Kier alpha value is -4.06. The number of carbonyl (C=O) groups is 1. The fraction of sp³-hybridized carbons (Fsp3) is 0.120. The number of carbonyl (C=O) groups excluding carboxylic acids is 1. The average Bonchev–Trinajstić information content (AvgIpc) is 3.13. The predicted octanol–water partition coefficient (Wildman–Crippen LogP) is 4.38. The molecule has 0 atom stereocenters. The zero-order chi connectivity index (χ0) is 21.2. The van der Waals surface area contributed by atoms with Crippen molar-refractivity contribution in [1.29, 1.82) is 0 Å². The van der Waals surface area contributed by atoms with Crippen LogP contribution in [0, 0.1) is 0 Å². The van der Waals surface area contributed by atoms with E-state index in [9.17, 15) is 4.79 Å². The van der Waals surface area contributed by atoms with Gasteiger partial charge in [0.15, 0.2) is 11.3 Å². The van der Waals surface area contributed by atoms with Crippen molar-refractivity contribution in [3.63, 3.8) is 0 Å². The highest BCUT2D eigenvalue weighted by atomic mass is 16.5. The first-order chi connectivity index (χ1) is 15.2. The van der Waals surface area contributed by atoms with Crippen LogP contribution in [-0.2, 0) is 17.6 Å². The van der Waals surface area contributed by atoms with E-state index in [1.807, 2.05) is 65.1 Å². The van der Waals surface area contributed by atoms with Gasteiger partial charge in [-0.2, -0.15) is 0 Å². The Morgan fingerprint density at radius 1 is 0.806 bits per heavy atom. The number of nitrogens with zero attached hydrogens (tertiary/aromatic N) is 4. The van der Waals surface area contributed by atoms with Crippen LogP contribution in [0.25, 0.3) is 16.8 Å². The number of ether oxygens (including phenoxy) is 1. The summed E-state index contributed by atoms with van der Waals surface area (Å²) in [5.74, 6) is -0.00613. The van der Waals surface area contributed by atoms with Crippen LogP contribution >= 0.6 is 0 Å². The van der Waals surface area contributed by atoms with E-state index in [-0.39, 0.29) is 0 Å². The molecule has 0 aliphatic rings. The SMILES string of the molecule is CC(=O)Oc1c(Cc2ccccc2)nc2c(Cc3ccccc3)nc3cccnc3n12. The van der Waals surface area contributed by atoms with Gasteiger partial charge in [-0.1, -0.05) is 60.7 Å². The van der Waals surface area contributed by atoms with E-state index in [1.165, 1.54) is 6.92 Å². The summed E-state index contributed by atoms with van der Waals surface area (Å²) < 4.78 is 7.50. The van der Waals surface area contributed by atoms with Gasteiger partial charge >= 0.3 is 5.97 Å². The van der Waals surface area contributed by atoms with Crippen molar-refractivity contribution < 1.29 is 9.53 Å². The van der Waals surface area contributed by atoms with Crippen molar-refractivity contribution >= 4 is 22.8 Å². The van der Waals surface area contributed by atoms with Crippen LogP contribution in [-0.4, -0.2) is 25.3 Å². The standard InChI is InChI=1S/C25H20N4O2/c1-17(30)31-25-22(16-19-11-6-3-7-12-19)28-24-21(15-18-9-4-2-5-10-18)27-20-13-8-14-26-23(20)29(24)25/h2-14H,15-16H2,1H3. The molecular formula is C25H20N4O2. The molecule has 0 saturated heterocycles. The smallest absolute Gasteiger partial charge is 0.309 e. The normalized spacial score (nSPS) is 11.1. The zero-order valence-electron chi connectivity index (χ0n) is 17.0. The Balaban J connectivity index is 1.76. The first-order valence-electron chi connectivity index (χ1n) is 10.1. The molecule has 0 unspecified atom stereocenters. The largest absolute Gasteiger partial charge is 0.407 e. The molecule has 0 N–H and O–H groups in total. The summed E-state index contributed by atoms with van der Waals surface area (Å²) in [6.07, 6.45) is 2.84. The molecule has 0 spiro atoms. The summed E-state index contributed by atoms with van der Waals surface area (Å²) in [4.78, 5) is 26.2. The molecule has 0 saturated carbocycles. The number of pyridine rings is 1. The Bertz CT molecular complexity index is 1380. The summed E-state index contributed by atoms with van der Waals surface area (Å²) in [5.41, 5.74) is 5.67. The molecule has 5 rings (SSSR count). The van der Waals surface area contributed by atoms with Gasteiger partial charge in [-0.25, -0.2) is 19.4 Å². The number of aromatic nitrogens is 4. The second-order valence-corrected chi connectivity index (χ2v) is 7.35. The van der Waals surface area contributed by atoms with Gasteiger partial charge < -0.3 is 4.74 Å². The van der Waals surface area contributed by atoms with Gasteiger partial charge in [0.05, 0.1) is 5.69 Å². The Labute approximate surface area is 179 Å². The van der Waals surface area contributed by atoms with Crippen LogP contribution in [0.3, 0.4) is 0 Å². The molecule has 6 nitrogen and oxygen atoms in total. The fourth-order valence-corrected chi connectivity index (χ4v) is 3.74. The van der Waals surface area contributed by atoms with E-state index in [2.05, 4.69) is 17.1 Å². The summed E-state index contributed by atoms with van der Waals surface area (Å²) in [5, 5.41) is 0. The maximum absolute atomic E-state index is 12.0. The molecule has 0 aliphatic heterocycles. The van der Waals surface area contributed by atoms with Crippen LogP contribution in [0.5, 0.6) is 5.88 Å². The summed E-state index contributed by atoms with van der Waals surface area (Å²) in [6, 6.07) is 23.9. The first-order valence-corrected chi connectivity index (χ1v) is 10.1. The molecule has 0 bridgehead atoms. The molecule has 152 valence electrons. The van der Waals surface area contributed by atoms with Gasteiger partial charge in [0.25, 0.3) is 0 Å². The van der Waals surface area contributed by atoms with Gasteiger partial charge in [-0.05, 0) is 23.3 Å².